The van der Waals surface area contributed by atoms with Gasteiger partial charge in [0, 0.05) is 50.2 Å². The number of aliphatic hydroxyl groups is 5. The van der Waals surface area contributed by atoms with Crippen LogP contribution in [0, 0.1) is 6.92 Å². The third kappa shape index (κ3) is 9.85. The van der Waals surface area contributed by atoms with Gasteiger partial charge < -0.3 is 45.6 Å². The van der Waals surface area contributed by atoms with Gasteiger partial charge in [0.25, 0.3) is 0 Å². The van der Waals surface area contributed by atoms with Gasteiger partial charge in [-0.15, -0.1) is 0 Å². The van der Waals surface area contributed by atoms with Crippen molar-refractivity contribution in [2.75, 3.05) is 33.3 Å². The monoisotopic (exact) mass is 742 g/mol. The van der Waals surface area contributed by atoms with Crippen LogP contribution in [0.3, 0.4) is 0 Å². The highest BCUT2D eigenvalue weighted by atomic mass is 32.2. The molecule has 2 fully saturated rings. The molecule has 0 spiro atoms. The molecule has 14 nitrogen and oxygen atoms in total. The van der Waals surface area contributed by atoms with E-state index in [-0.39, 0.29) is 30.7 Å². The number of aromatic nitrogens is 1. The van der Waals surface area contributed by atoms with Gasteiger partial charge in [0.15, 0.2) is 0 Å². The molecule has 0 saturated heterocycles. The zero-order valence-corrected chi connectivity index (χ0v) is 30.3. The average molecular weight is 743 g/mol. The van der Waals surface area contributed by atoms with E-state index >= 15 is 0 Å². The number of hydrogen-bond donors (Lipinski definition) is 7. The Hall–Kier alpha value is -3.67. The Bertz CT molecular complexity index is 1770. The lowest BCUT2D eigenvalue weighted by molar-refractivity contribution is -0.113. The molecule has 2 aliphatic rings. The topological polar surface area (TPSA) is 211 Å². The third-order valence-electron chi connectivity index (χ3n) is 9.53. The van der Waals surface area contributed by atoms with Gasteiger partial charge in [-0.3, -0.25) is 4.98 Å². The molecule has 52 heavy (non-hydrogen) atoms. The SMILES string of the molecule is Cc1ccc(S(=O)(=O)N(C)CCCCNC(=O)NCC(O)C(O)C(O)C(O)CO)cc1COC1(c2cnccc2-c2ccccc2OC2CC2)CC1. The maximum atomic E-state index is 13.5. The van der Waals surface area contributed by atoms with Crippen molar-refractivity contribution >= 4 is 16.1 Å². The second-order valence-electron chi connectivity index (χ2n) is 13.6. The van der Waals surface area contributed by atoms with Crippen molar-refractivity contribution in [2.45, 2.75) is 93.1 Å². The van der Waals surface area contributed by atoms with Crippen molar-refractivity contribution in [1.82, 2.24) is 19.9 Å². The van der Waals surface area contributed by atoms with Gasteiger partial charge in [-0.25, -0.2) is 17.5 Å². The summed E-state index contributed by atoms with van der Waals surface area (Å²) in [5.74, 6) is 0.845. The van der Waals surface area contributed by atoms with Gasteiger partial charge in [-0.2, -0.15) is 0 Å². The standard InChI is InChI=1S/C37H50N4O10S/c1-24-9-12-27(52(48,49)41(2)18-6-5-16-39-36(47)40-21-31(43)34(45)35(46)32(44)22-42)19-25(24)23-50-37(14-15-37)30-20-38-17-13-28(30)29-7-3-4-8-33(29)51-26-10-11-26/h3-4,7-9,12-13,17,19-20,26,31-32,34-35,42-46H,5-6,10-11,14-16,18,21-23H2,1-2H3,(H2,39,40,47). The zero-order chi connectivity index (χ0) is 37.5. The van der Waals surface area contributed by atoms with E-state index in [0.29, 0.717) is 12.8 Å². The Morgan fingerprint density at radius 1 is 1.00 bits per heavy atom. The van der Waals surface area contributed by atoms with Crippen molar-refractivity contribution in [1.29, 1.82) is 0 Å². The predicted octanol–water partition coefficient (Wildman–Crippen LogP) is 1.94. The smallest absolute Gasteiger partial charge is 0.314 e. The Morgan fingerprint density at radius 3 is 2.44 bits per heavy atom. The molecular formula is C37H50N4O10S. The summed E-state index contributed by atoms with van der Waals surface area (Å²) in [5, 5.41) is 52.6. The van der Waals surface area contributed by atoms with Crippen LogP contribution in [0.5, 0.6) is 5.75 Å². The lowest BCUT2D eigenvalue weighted by Gasteiger charge is -2.25. The van der Waals surface area contributed by atoms with Crippen LogP contribution in [0.4, 0.5) is 4.79 Å². The number of aliphatic hydroxyl groups excluding tert-OH is 5. The number of para-hydroxylation sites is 1. The highest BCUT2D eigenvalue weighted by Gasteiger charge is 2.48. The third-order valence-corrected chi connectivity index (χ3v) is 11.4. The molecule has 0 bridgehead atoms. The van der Waals surface area contributed by atoms with E-state index in [1.807, 2.05) is 37.4 Å². The molecule has 7 N–H and O–H groups in total. The number of nitrogens with zero attached hydrogens (tertiary/aromatic N) is 2. The minimum absolute atomic E-state index is 0.159. The highest BCUT2D eigenvalue weighted by Crippen LogP contribution is 2.53. The van der Waals surface area contributed by atoms with E-state index in [1.54, 1.807) is 24.4 Å². The molecule has 2 saturated carbocycles. The van der Waals surface area contributed by atoms with Crippen LogP contribution in [-0.4, -0.2) is 113 Å². The first-order valence-corrected chi connectivity index (χ1v) is 19.1. The van der Waals surface area contributed by atoms with Crippen LogP contribution in [0.1, 0.15) is 55.2 Å². The number of rotatable bonds is 20. The lowest BCUT2D eigenvalue weighted by Crippen LogP contribution is -2.50. The number of amides is 2. The van der Waals surface area contributed by atoms with Crippen LogP contribution in [0.2, 0.25) is 0 Å². The molecule has 2 aliphatic carbocycles. The van der Waals surface area contributed by atoms with Gasteiger partial charge in [0.1, 0.15) is 24.1 Å². The fourth-order valence-corrected chi connectivity index (χ4v) is 7.10. The summed E-state index contributed by atoms with van der Waals surface area (Å²) in [6, 6.07) is 14.4. The van der Waals surface area contributed by atoms with Crippen LogP contribution in [-0.2, 0) is 27.0 Å². The van der Waals surface area contributed by atoms with Crippen molar-refractivity contribution < 1.29 is 48.2 Å². The molecular weight excluding hydrogens is 692 g/mol. The minimum Gasteiger partial charge on any atom is -0.490 e. The fourth-order valence-electron chi connectivity index (χ4n) is 5.84. The molecule has 2 aromatic carbocycles. The number of hydrogen-bond acceptors (Lipinski definition) is 11. The summed E-state index contributed by atoms with van der Waals surface area (Å²) in [4.78, 5) is 16.7. The molecule has 0 radical (unpaired) electrons. The van der Waals surface area contributed by atoms with Crippen molar-refractivity contribution in [3.8, 4) is 16.9 Å². The van der Waals surface area contributed by atoms with Gasteiger partial charge in [-0.05, 0) is 86.4 Å². The number of carbonyl (C=O) groups is 1. The zero-order valence-electron chi connectivity index (χ0n) is 29.5. The van der Waals surface area contributed by atoms with Crippen molar-refractivity contribution in [2.24, 2.45) is 0 Å². The molecule has 0 aliphatic heterocycles. The van der Waals surface area contributed by atoms with E-state index in [4.69, 9.17) is 14.6 Å². The van der Waals surface area contributed by atoms with Crippen LogP contribution >= 0.6 is 0 Å². The van der Waals surface area contributed by atoms with Gasteiger partial charge in [-0.1, -0.05) is 24.3 Å². The summed E-state index contributed by atoms with van der Waals surface area (Å²) < 4.78 is 41.1. The van der Waals surface area contributed by atoms with Gasteiger partial charge >= 0.3 is 6.03 Å². The Morgan fingerprint density at radius 2 is 1.73 bits per heavy atom. The Balaban J connectivity index is 1.12. The van der Waals surface area contributed by atoms with E-state index in [9.17, 15) is 33.6 Å². The molecule has 1 heterocycles. The number of aryl methyl sites for hydroxylation is 1. The molecule has 284 valence electrons. The molecule has 3 aromatic rings. The second-order valence-corrected chi connectivity index (χ2v) is 15.6. The van der Waals surface area contributed by atoms with E-state index in [0.717, 1.165) is 59.3 Å². The molecule has 2 amide bonds. The first-order valence-electron chi connectivity index (χ1n) is 17.6. The summed E-state index contributed by atoms with van der Waals surface area (Å²) in [7, 11) is -2.31. The van der Waals surface area contributed by atoms with Crippen LogP contribution < -0.4 is 15.4 Å². The van der Waals surface area contributed by atoms with Crippen molar-refractivity contribution in [3.05, 3.63) is 77.6 Å². The quantitative estimate of drug-likeness (QED) is 0.0832. The number of pyridine rings is 1. The van der Waals surface area contributed by atoms with Gasteiger partial charge in [0.2, 0.25) is 10.0 Å². The minimum atomic E-state index is -3.82. The largest absolute Gasteiger partial charge is 0.490 e. The number of urea groups is 1. The maximum absolute atomic E-state index is 13.5. The maximum Gasteiger partial charge on any atom is 0.314 e. The summed E-state index contributed by atoms with van der Waals surface area (Å²) in [5.41, 5.74) is 4.15. The molecule has 5 rings (SSSR count). The van der Waals surface area contributed by atoms with E-state index in [2.05, 4.69) is 21.7 Å². The molecule has 1 aromatic heterocycles. The number of benzene rings is 2. The summed E-state index contributed by atoms with van der Waals surface area (Å²) >= 11 is 0. The molecule has 4 atom stereocenters. The molecule has 15 heteroatoms. The number of unbranched alkanes of at least 4 members (excludes halogenated alkanes) is 1. The van der Waals surface area contributed by atoms with Crippen LogP contribution in [0.25, 0.3) is 11.1 Å². The molecule has 4 unspecified atom stereocenters. The van der Waals surface area contributed by atoms with Crippen molar-refractivity contribution in [3.63, 3.8) is 0 Å². The number of carbonyl (C=O) groups excluding carboxylic acids is 1. The number of sulfonamides is 1. The Labute approximate surface area is 304 Å². The van der Waals surface area contributed by atoms with E-state index in [1.165, 1.54) is 11.4 Å². The number of nitrogens with one attached hydrogen (secondary N) is 2. The Kier molecular flexibility index (Phi) is 13.3. The number of ether oxygens (including phenoxy) is 2. The van der Waals surface area contributed by atoms with E-state index < -0.39 is 59.2 Å². The predicted molar refractivity (Wildman–Crippen MR) is 192 cm³/mol. The van der Waals surface area contributed by atoms with Gasteiger partial charge in [0.05, 0.1) is 35.9 Å². The first-order chi connectivity index (χ1) is 24.9. The second kappa shape index (κ2) is 17.4. The summed E-state index contributed by atoms with van der Waals surface area (Å²) in [6.07, 6.45) is 1.76. The van der Waals surface area contributed by atoms with Crippen LogP contribution in [0.15, 0.2) is 65.8 Å². The first kappa shape index (κ1) is 39.5. The highest BCUT2D eigenvalue weighted by molar-refractivity contribution is 7.89. The lowest BCUT2D eigenvalue weighted by atomic mass is 9.96. The average Bonchev–Trinajstić information content (AvgIpc) is 4.10. The normalized spacial score (nSPS) is 17.6. The summed E-state index contributed by atoms with van der Waals surface area (Å²) in [6.45, 7) is 1.36. The fraction of sp³-hybridized carbons (Fsp3) is 0.514.